The number of carbonyl (C=O) groups is 1. The molecule has 0 bridgehead atoms. The van der Waals surface area contributed by atoms with Crippen LogP contribution >= 0.6 is 15.9 Å². The molecule has 0 unspecified atom stereocenters. The molecule has 0 radical (unpaired) electrons. The van der Waals surface area contributed by atoms with E-state index in [4.69, 9.17) is 5.14 Å². The number of nitrogens with two attached hydrogens (primary N) is 1. The Morgan fingerprint density at radius 1 is 1.17 bits per heavy atom. The van der Waals surface area contributed by atoms with E-state index in [1.54, 1.807) is 0 Å². The first kappa shape index (κ1) is 18.6. The molecule has 1 aromatic rings. The summed E-state index contributed by atoms with van der Waals surface area (Å²) in [4.78, 5) is 12.2. The number of sulfonamides is 1. The number of halogens is 1. The molecule has 0 saturated heterocycles. The molecule has 2 rings (SSSR count). The Bertz CT molecular complexity index is 654. The number of rotatable bonds is 5. The van der Waals surface area contributed by atoms with Crippen LogP contribution in [0.25, 0.3) is 0 Å². The summed E-state index contributed by atoms with van der Waals surface area (Å²) in [5, 5.41) is 5.13. The molecule has 2 N–H and O–H groups in total. The van der Waals surface area contributed by atoms with Crippen molar-refractivity contribution in [3.8, 4) is 0 Å². The van der Waals surface area contributed by atoms with Crippen molar-refractivity contribution in [2.24, 2.45) is 11.1 Å². The van der Waals surface area contributed by atoms with Gasteiger partial charge in [-0.1, -0.05) is 40.2 Å². The number of benzene rings is 1. The van der Waals surface area contributed by atoms with Crippen LogP contribution in [-0.4, -0.2) is 24.3 Å². The largest absolute Gasteiger partial charge is 0.293 e. The van der Waals surface area contributed by atoms with E-state index in [-0.39, 0.29) is 17.5 Å². The van der Waals surface area contributed by atoms with Crippen LogP contribution in [0.3, 0.4) is 0 Å². The Labute approximate surface area is 147 Å². The fourth-order valence-electron chi connectivity index (χ4n) is 3.24. The third-order valence-corrected chi connectivity index (χ3v) is 5.80. The zero-order chi connectivity index (χ0) is 17.3. The highest BCUT2D eigenvalue weighted by molar-refractivity contribution is 9.10. The van der Waals surface area contributed by atoms with Gasteiger partial charge in [0, 0.05) is 5.56 Å². The lowest BCUT2D eigenvalue weighted by atomic mass is 9.79. The van der Waals surface area contributed by atoms with Crippen LogP contribution in [0.2, 0.25) is 0 Å². The van der Waals surface area contributed by atoms with E-state index >= 15 is 0 Å². The summed E-state index contributed by atoms with van der Waals surface area (Å²) in [6.45, 7) is 3.69. The number of alkyl halides is 1. The highest BCUT2D eigenvalue weighted by Crippen LogP contribution is 2.36. The van der Waals surface area contributed by atoms with Gasteiger partial charge in [0.05, 0.1) is 10.1 Å². The van der Waals surface area contributed by atoms with Crippen molar-refractivity contribution >= 4 is 31.7 Å². The average Bonchev–Trinajstić information content (AvgIpc) is 2.45. The van der Waals surface area contributed by atoms with Gasteiger partial charge >= 0.3 is 0 Å². The molecule has 6 heteroatoms. The van der Waals surface area contributed by atoms with Crippen LogP contribution in [0.15, 0.2) is 24.3 Å². The molecule has 0 atom stereocenters. The lowest BCUT2D eigenvalue weighted by molar-refractivity contribution is 0.0961. The van der Waals surface area contributed by atoms with Crippen LogP contribution in [0.4, 0.5) is 0 Å². The second-order valence-electron chi connectivity index (χ2n) is 6.97. The Kier molecular flexibility index (Phi) is 5.69. The predicted molar refractivity (Wildman–Crippen MR) is 96.5 cm³/mol. The number of Topliss-reactive ketones (excluding diaryl/α,β-unsaturated/α-hetero) is 1. The first-order valence-electron chi connectivity index (χ1n) is 7.90. The number of ketones is 1. The van der Waals surface area contributed by atoms with Gasteiger partial charge < -0.3 is 0 Å². The van der Waals surface area contributed by atoms with Gasteiger partial charge in [-0.25, -0.2) is 13.6 Å². The minimum absolute atomic E-state index is 0.0703. The molecular formula is C17H24BrNO3S. The second kappa shape index (κ2) is 7.03. The summed E-state index contributed by atoms with van der Waals surface area (Å²) in [6, 6.07) is 7.82. The fourth-order valence-corrected chi connectivity index (χ4v) is 4.46. The maximum Gasteiger partial charge on any atom is 0.209 e. The van der Waals surface area contributed by atoms with E-state index in [9.17, 15) is 13.2 Å². The average molecular weight is 402 g/mol. The molecule has 128 valence electrons. The molecule has 23 heavy (non-hydrogen) atoms. The van der Waals surface area contributed by atoms with Crippen LogP contribution in [0, 0.1) is 5.92 Å². The Morgan fingerprint density at radius 3 is 2.13 bits per heavy atom. The van der Waals surface area contributed by atoms with Crippen LogP contribution < -0.4 is 5.14 Å². The smallest absolute Gasteiger partial charge is 0.209 e. The van der Waals surface area contributed by atoms with Crippen LogP contribution in [-0.2, 0) is 10.0 Å². The maximum atomic E-state index is 12.2. The number of primary sulfonamides is 1. The monoisotopic (exact) mass is 401 g/mol. The Balaban J connectivity index is 1.98. The van der Waals surface area contributed by atoms with Gasteiger partial charge in [-0.2, -0.15) is 0 Å². The van der Waals surface area contributed by atoms with E-state index in [0.717, 1.165) is 25.7 Å². The van der Waals surface area contributed by atoms with E-state index in [1.807, 2.05) is 38.1 Å². The van der Waals surface area contributed by atoms with Crippen molar-refractivity contribution in [2.75, 3.05) is 5.75 Å². The predicted octanol–water partition coefficient (Wildman–Crippen LogP) is 3.61. The van der Waals surface area contributed by atoms with Crippen molar-refractivity contribution in [3.05, 3.63) is 35.4 Å². The summed E-state index contributed by atoms with van der Waals surface area (Å²) in [5.74, 6) is 0.776. The van der Waals surface area contributed by atoms with Crippen molar-refractivity contribution in [3.63, 3.8) is 0 Å². The molecule has 1 aliphatic rings. The normalized spacial score (nSPS) is 22.8. The van der Waals surface area contributed by atoms with Gasteiger partial charge in [0.1, 0.15) is 0 Å². The molecule has 1 aliphatic carbocycles. The molecule has 0 heterocycles. The van der Waals surface area contributed by atoms with Gasteiger partial charge in [-0.15, -0.1) is 0 Å². The van der Waals surface area contributed by atoms with Gasteiger partial charge in [0.2, 0.25) is 10.0 Å². The summed E-state index contributed by atoms with van der Waals surface area (Å²) in [5.41, 5.74) is 1.93. The first-order chi connectivity index (χ1) is 10.6. The molecule has 1 saturated carbocycles. The Morgan fingerprint density at radius 2 is 1.70 bits per heavy atom. The van der Waals surface area contributed by atoms with Crippen molar-refractivity contribution in [1.29, 1.82) is 0 Å². The van der Waals surface area contributed by atoms with Gasteiger partial charge in [-0.05, 0) is 56.9 Å². The van der Waals surface area contributed by atoms with Gasteiger partial charge in [0.25, 0.3) is 0 Å². The standard InChI is InChI=1S/C17H24BrNO3S/c1-17(2,18)16(20)15-9-7-14(8-10-15)13-5-3-12(4-6-13)11-23(19,21)22/h7-10,12-13H,3-6,11H2,1-2H3,(H2,19,21,22). The zero-order valence-corrected chi connectivity index (χ0v) is 16.0. The second-order valence-corrected chi connectivity index (χ2v) is 10.6. The Hall–Kier alpha value is -0.720. The molecule has 0 aliphatic heterocycles. The number of carbonyl (C=O) groups excluding carboxylic acids is 1. The highest BCUT2D eigenvalue weighted by atomic mass is 79.9. The third-order valence-electron chi connectivity index (χ3n) is 4.50. The van der Waals surface area contributed by atoms with Gasteiger partial charge in [0.15, 0.2) is 5.78 Å². The molecule has 0 aromatic heterocycles. The van der Waals surface area contributed by atoms with Crippen molar-refractivity contribution < 1.29 is 13.2 Å². The van der Waals surface area contributed by atoms with E-state index in [0.29, 0.717) is 11.5 Å². The third kappa shape index (κ3) is 5.40. The van der Waals surface area contributed by atoms with E-state index in [2.05, 4.69) is 15.9 Å². The van der Waals surface area contributed by atoms with Gasteiger partial charge in [-0.3, -0.25) is 4.79 Å². The quantitative estimate of drug-likeness (QED) is 0.604. The fraction of sp³-hybridized carbons (Fsp3) is 0.588. The highest BCUT2D eigenvalue weighted by Gasteiger charge is 2.27. The van der Waals surface area contributed by atoms with Crippen molar-refractivity contribution in [1.82, 2.24) is 0 Å². The maximum absolute atomic E-state index is 12.2. The lowest BCUT2D eigenvalue weighted by Gasteiger charge is -2.28. The van der Waals surface area contributed by atoms with E-state index in [1.165, 1.54) is 5.56 Å². The number of hydrogen-bond donors (Lipinski definition) is 1. The first-order valence-corrected chi connectivity index (χ1v) is 10.4. The van der Waals surface area contributed by atoms with Crippen LogP contribution in [0.1, 0.15) is 61.4 Å². The van der Waals surface area contributed by atoms with E-state index < -0.39 is 14.3 Å². The topological polar surface area (TPSA) is 77.2 Å². The van der Waals surface area contributed by atoms with Crippen LogP contribution in [0.5, 0.6) is 0 Å². The molecule has 1 aromatic carbocycles. The number of hydrogen-bond acceptors (Lipinski definition) is 3. The zero-order valence-electron chi connectivity index (χ0n) is 13.6. The molecule has 1 fully saturated rings. The SMILES string of the molecule is CC(C)(Br)C(=O)c1ccc(C2CCC(CS(N)(=O)=O)CC2)cc1. The molecular weight excluding hydrogens is 378 g/mol. The summed E-state index contributed by atoms with van der Waals surface area (Å²) < 4.78 is 21.8. The molecule has 4 nitrogen and oxygen atoms in total. The minimum atomic E-state index is -3.38. The summed E-state index contributed by atoms with van der Waals surface area (Å²) >= 11 is 3.40. The van der Waals surface area contributed by atoms with Crippen molar-refractivity contribution in [2.45, 2.75) is 49.8 Å². The molecule has 0 amide bonds. The minimum Gasteiger partial charge on any atom is -0.293 e. The summed E-state index contributed by atoms with van der Waals surface area (Å²) in [7, 11) is -3.38. The molecule has 0 spiro atoms. The summed E-state index contributed by atoms with van der Waals surface area (Å²) in [6.07, 6.45) is 3.71. The lowest BCUT2D eigenvalue weighted by Crippen LogP contribution is -2.26.